The Hall–Kier alpha value is -1.14. The Kier molecular flexibility index (Phi) is 3.96. The van der Waals surface area contributed by atoms with Crippen LogP contribution >= 0.6 is 22.6 Å². The second kappa shape index (κ2) is 5.46. The predicted molar refractivity (Wildman–Crippen MR) is 74.1 cm³/mol. The molecule has 2 aromatic rings. The molecule has 0 atom stereocenters. The van der Waals surface area contributed by atoms with Crippen molar-refractivity contribution in [2.45, 2.75) is 13.5 Å². The lowest BCUT2D eigenvalue weighted by Crippen LogP contribution is -1.96. The van der Waals surface area contributed by atoms with Crippen molar-refractivity contribution >= 4 is 22.6 Å². The molecular formula is C13H12INO2. The van der Waals surface area contributed by atoms with Crippen LogP contribution in [0, 0.1) is 10.5 Å². The van der Waals surface area contributed by atoms with Crippen LogP contribution in [0.4, 0.5) is 0 Å². The van der Waals surface area contributed by atoms with Gasteiger partial charge in [0.15, 0.2) is 0 Å². The van der Waals surface area contributed by atoms with Gasteiger partial charge in [0.25, 0.3) is 0 Å². The van der Waals surface area contributed by atoms with E-state index < -0.39 is 0 Å². The van der Waals surface area contributed by atoms with E-state index in [1.807, 2.05) is 37.3 Å². The van der Waals surface area contributed by atoms with E-state index in [0.717, 1.165) is 20.6 Å². The lowest BCUT2D eigenvalue weighted by atomic mass is 10.2. The average molecular weight is 341 g/mol. The smallest absolute Gasteiger partial charge is 0.219 e. The zero-order chi connectivity index (χ0) is 12.3. The second-order valence-corrected chi connectivity index (χ2v) is 4.75. The number of para-hydroxylation sites is 1. The van der Waals surface area contributed by atoms with E-state index in [9.17, 15) is 0 Å². The highest BCUT2D eigenvalue weighted by atomic mass is 127. The summed E-state index contributed by atoms with van der Waals surface area (Å²) < 4.78 is 6.73. The maximum absolute atomic E-state index is 9.06. The fraction of sp³-hybridized carbons (Fsp3) is 0.154. The molecule has 0 aliphatic heterocycles. The van der Waals surface area contributed by atoms with Crippen molar-refractivity contribution in [3.05, 3.63) is 51.2 Å². The Morgan fingerprint density at radius 3 is 2.65 bits per heavy atom. The van der Waals surface area contributed by atoms with Crippen molar-refractivity contribution in [1.82, 2.24) is 4.98 Å². The number of aryl methyl sites for hydroxylation is 1. The van der Waals surface area contributed by atoms with Crippen molar-refractivity contribution in [3.8, 4) is 11.6 Å². The molecule has 88 valence electrons. The number of hydrogen-bond donors (Lipinski definition) is 1. The molecule has 0 aliphatic rings. The Balaban J connectivity index is 2.25. The molecule has 1 aromatic carbocycles. The summed E-state index contributed by atoms with van der Waals surface area (Å²) in [6.07, 6.45) is 0. The van der Waals surface area contributed by atoms with Crippen LogP contribution in [-0.2, 0) is 6.61 Å². The number of benzene rings is 1. The van der Waals surface area contributed by atoms with E-state index in [1.54, 1.807) is 6.07 Å². The molecular weight excluding hydrogens is 329 g/mol. The molecule has 1 aromatic heterocycles. The van der Waals surface area contributed by atoms with E-state index in [2.05, 4.69) is 27.6 Å². The number of aliphatic hydroxyl groups is 1. The number of ether oxygens (including phenoxy) is 1. The summed E-state index contributed by atoms with van der Waals surface area (Å²) in [7, 11) is 0. The molecule has 1 heterocycles. The molecule has 4 heteroatoms. The summed E-state index contributed by atoms with van der Waals surface area (Å²) >= 11 is 2.22. The Labute approximate surface area is 114 Å². The van der Waals surface area contributed by atoms with E-state index in [1.165, 1.54) is 0 Å². The van der Waals surface area contributed by atoms with Crippen molar-refractivity contribution in [3.63, 3.8) is 0 Å². The Morgan fingerprint density at radius 2 is 2.00 bits per heavy atom. The van der Waals surface area contributed by atoms with Crippen molar-refractivity contribution in [1.29, 1.82) is 0 Å². The summed E-state index contributed by atoms with van der Waals surface area (Å²) in [6, 6.07) is 11.4. The lowest BCUT2D eigenvalue weighted by Gasteiger charge is -2.08. The molecule has 0 saturated heterocycles. The number of aliphatic hydroxyl groups excluding tert-OH is 1. The van der Waals surface area contributed by atoms with Gasteiger partial charge >= 0.3 is 0 Å². The number of rotatable bonds is 3. The van der Waals surface area contributed by atoms with E-state index in [4.69, 9.17) is 9.84 Å². The van der Waals surface area contributed by atoms with Gasteiger partial charge in [-0.05, 0) is 53.3 Å². The predicted octanol–water partition coefficient (Wildman–Crippen LogP) is 3.28. The van der Waals surface area contributed by atoms with Crippen LogP contribution in [-0.4, -0.2) is 10.1 Å². The standard InChI is InChI=1S/C13H12INO2/c1-9-10(8-16)6-7-13(15-9)17-12-5-3-2-4-11(12)14/h2-7,16H,8H2,1H3. The van der Waals surface area contributed by atoms with Crippen molar-refractivity contribution < 1.29 is 9.84 Å². The number of halogens is 1. The average Bonchev–Trinajstić information content (AvgIpc) is 2.32. The second-order valence-electron chi connectivity index (χ2n) is 3.58. The fourth-order valence-electron chi connectivity index (χ4n) is 1.43. The van der Waals surface area contributed by atoms with Gasteiger partial charge < -0.3 is 9.84 Å². The van der Waals surface area contributed by atoms with Crippen LogP contribution < -0.4 is 4.74 Å². The monoisotopic (exact) mass is 341 g/mol. The van der Waals surface area contributed by atoms with Crippen molar-refractivity contribution in [2.75, 3.05) is 0 Å². The minimum atomic E-state index is 0.00197. The largest absolute Gasteiger partial charge is 0.438 e. The SMILES string of the molecule is Cc1nc(Oc2ccccc2I)ccc1CO. The van der Waals surface area contributed by atoms with Gasteiger partial charge in [0, 0.05) is 11.8 Å². The number of nitrogens with zero attached hydrogens (tertiary/aromatic N) is 1. The first-order chi connectivity index (χ1) is 8.20. The maximum atomic E-state index is 9.06. The molecule has 0 radical (unpaired) electrons. The Morgan fingerprint density at radius 1 is 1.24 bits per heavy atom. The minimum Gasteiger partial charge on any atom is -0.438 e. The molecule has 0 saturated carbocycles. The van der Waals surface area contributed by atoms with Gasteiger partial charge in [-0.2, -0.15) is 0 Å². The van der Waals surface area contributed by atoms with E-state index >= 15 is 0 Å². The molecule has 0 fully saturated rings. The van der Waals surface area contributed by atoms with Crippen LogP contribution in [0.3, 0.4) is 0 Å². The molecule has 0 bridgehead atoms. The molecule has 0 amide bonds. The first kappa shape index (κ1) is 12.3. The van der Waals surface area contributed by atoms with Gasteiger partial charge in [-0.25, -0.2) is 4.98 Å². The summed E-state index contributed by atoms with van der Waals surface area (Å²) in [5, 5.41) is 9.06. The molecule has 0 unspecified atom stereocenters. The molecule has 2 rings (SSSR count). The summed E-state index contributed by atoms with van der Waals surface area (Å²) in [6.45, 7) is 1.86. The van der Waals surface area contributed by atoms with Gasteiger partial charge in [-0.3, -0.25) is 0 Å². The summed E-state index contributed by atoms with van der Waals surface area (Å²) in [5.41, 5.74) is 1.61. The molecule has 0 spiro atoms. The highest BCUT2D eigenvalue weighted by molar-refractivity contribution is 14.1. The van der Waals surface area contributed by atoms with Crippen LogP contribution in [0.2, 0.25) is 0 Å². The zero-order valence-corrected chi connectivity index (χ0v) is 11.5. The topological polar surface area (TPSA) is 42.4 Å². The van der Waals surface area contributed by atoms with Crippen LogP contribution in [0.25, 0.3) is 0 Å². The highest BCUT2D eigenvalue weighted by Gasteiger charge is 2.05. The van der Waals surface area contributed by atoms with E-state index in [0.29, 0.717) is 5.88 Å². The van der Waals surface area contributed by atoms with Gasteiger partial charge in [-0.1, -0.05) is 12.1 Å². The number of aromatic nitrogens is 1. The van der Waals surface area contributed by atoms with Gasteiger partial charge in [0.1, 0.15) is 5.75 Å². The highest BCUT2D eigenvalue weighted by Crippen LogP contribution is 2.25. The van der Waals surface area contributed by atoms with Crippen LogP contribution in [0.5, 0.6) is 11.6 Å². The lowest BCUT2D eigenvalue weighted by molar-refractivity contribution is 0.280. The minimum absolute atomic E-state index is 0.00197. The van der Waals surface area contributed by atoms with Crippen molar-refractivity contribution in [2.24, 2.45) is 0 Å². The van der Waals surface area contributed by atoms with Crippen LogP contribution in [0.15, 0.2) is 36.4 Å². The number of hydrogen-bond acceptors (Lipinski definition) is 3. The third-order valence-corrected chi connectivity index (χ3v) is 3.28. The quantitative estimate of drug-likeness (QED) is 0.872. The normalized spacial score (nSPS) is 10.3. The number of pyridine rings is 1. The van der Waals surface area contributed by atoms with E-state index in [-0.39, 0.29) is 6.61 Å². The van der Waals surface area contributed by atoms with Gasteiger partial charge in [0.05, 0.1) is 10.2 Å². The Bertz CT molecular complexity index is 529. The molecule has 17 heavy (non-hydrogen) atoms. The molecule has 0 aliphatic carbocycles. The zero-order valence-electron chi connectivity index (χ0n) is 9.35. The van der Waals surface area contributed by atoms with Gasteiger partial charge in [-0.15, -0.1) is 0 Å². The summed E-state index contributed by atoms with van der Waals surface area (Å²) in [5.74, 6) is 1.33. The van der Waals surface area contributed by atoms with Crippen LogP contribution in [0.1, 0.15) is 11.3 Å². The first-order valence-electron chi connectivity index (χ1n) is 5.20. The maximum Gasteiger partial charge on any atom is 0.219 e. The molecule has 1 N–H and O–H groups in total. The van der Waals surface area contributed by atoms with Gasteiger partial charge in [0.2, 0.25) is 5.88 Å². The first-order valence-corrected chi connectivity index (χ1v) is 6.28. The summed E-state index contributed by atoms with van der Waals surface area (Å²) in [4.78, 5) is 4.29. The third kappa shape index (κ3) is 2.95. The third-order valence-electron chi connectivity index (χ3n) is 2.39. The molecule has 3 nitrogen and oxygen atoms in total. The fourth-order valence-corrected chi connectivity index (χ4v) is 1.93.